The number of hydrogen-bond donors (Lipinski definition) is 1. The molecule has 9 heteroatoms. The third-order valence-corrected chi connectivity index (χ3v) is 7.70. The Morgan fingerprint density at radius 3 is 2.37 bits per heavy atom. The molecule has 4 rings (SSSR count). The third-order valence-electron chi connectivity index (χ3n) is 5.46. The molecule has 2 aliphatic rings. The van der Waals surface area contributed by atoms with Crippen molar-refractivity contribution < 1.29 is 18.0 Å². The van der Waals surface area contributed by atoms with E-state index < -0.39 is 15.9 Å². The minimum atomic E-state index is -3.49. The highest BCUT2D eigenvalue weighted by Gasteiger charge is 2.36. The number of nitrogens with one attached hydrogen (secondary N) is 1. The van der Waals surface area contributed by atoms with Crippen LogP contribution in [0.25, 0.3) is 0 Å². The molecule has 0 unspecified atom stereocenters. The molecule has 0 aromatic heterocycles. The highest BCUT2D eigenvalue weighted by Crippen LogP contribution is 2.31. The van der Waals surface area contributed by atoms with Crippen molar-refractivity contribution in [2.45, 2.75) is 24.2 Å². The molecule has 0 spiro atoms. The Morgan fingerprint density at radius 2 is 1.70 bits per heavy atom. The van der Waals surface area contributed by atoms with Crippen LogP contribution in [0, 0.1) is 5.92 Å². The van der Waals surface area contributed by atoms with E-state index in [9.17, 15) is 18.0 Å². The molecular formula is C21H22ClN3O4S. The van der Waals surface area contributed by atoms with Crippen LogP contribution in [-0.4, -0.2) is 44.2 Å². The van der Waals surface area contributed by atoms with E-state index >= 15 is 0 Å². The summed E-state index contributed by atoms with van der Waals surface area (Å²) in [5.74, 6) is -0.954. The van der Waals surface area contributed by atoms with Gasteiger partial charge in [0.2, 0.25) is 21.8 Å². The summed E-state index contributed by atoms with van der Waals surface area (Å²) >= 11 is 6.18. The quantitative estimate of drug-likeness (QED) is 0.762. The summed E-state index contributed by atoms with van der Waals surface area (Å²) in [6.45, 7) is 1.33. The van der Waals surface area contributed by atoms with E-state index in [2.05, 4.69) is 5.32 Å². The summed E-state index contributed by atoms with van der Waals surface area (Å²) in [4.78, 5) is 26.8. The first-order chi connectivity index (χ1) is 14.4. The Morgan fingerprint density at radius 1 is 1.03 bits per heavy atom. The number of rotatable bonds is 5. The molecule has 1 N–H and O–H groups in total. The van der Waals surface area contributed by atoms with E-state index in [-0.39, 0.29) is 29.7 Å². The van der Waals surface area contributed by atoms with Crippen molar-refractivity contribution in [3.63, 3.8) is 0 Å². The fourth-order valence-electron chi connectivity index (χ4n) is 3.82. The van der Waals surface area contributed by atoms with Crippen molar-refractivity contribution in [1.82, 2.24) is 4.31 Å². The van der Waals surface area contributed by atoms with Crippen LogP contribution in [-0.2, 0) is 19.6 Å². The number of benzene rings is 2. The maximum atomic E-state index is 12.7. The summed E-state index contributed by atoms with van der Waals surface area (Å²) in [6.07, 6.45) is 1.84. The van der Waals surface area contributed by atoms with E-state index in [1.165, 1.54) is 21.3 Å². The second-order valence-corrected chi connectivity index (χ2v) is 9.83. The smallest absolute Gasteiger partial charge is 0.243 e. The van der Waals surface area contributed by atoms with Gasteiger partial charge in [-0.25, -0.2) is 8.42 Å². The lowest BCUT2D eigenvalue weighted by molar-refractivity contribution is -0.122. The topological polar surface area (TPSA) is 86.8 Å². The zero-order valence-electron chi connectivity index (χ0n) is 16.3. The van der Waals surface area contributed by atoms with E-state index in [1.54, 1.807) is 36.4 Å². The van der Waals surface area contributed by atoms with Crippen molar-refractivity contribution in [3.05, 3.63) is 53.6 Å². The lowest BCUT2D eigenvalue weighted by atomic mass is 10.1. The molecule has 0 saturated carbocycles. The van der Waals surface area contributed by atoms with Crippen LogP contribution in [0.1, 0.15) is 19.3 Å². The van der Waals surface area contributed by atoms with Gasteiger partial charge < -0.3 is 10.2 Å². The fraction of sp³-hybridized carbons (Fsp3) is 0.333. The van der Waals surface area contributed by atoms with E-state index in [1.807, 2.05) is 0 Å². The monoisotopic (exact) mass is 447 g/mol. The molecule has 0 aliphatic carbocycles. The van der Waals surface area contributed by atoms with Gasteiger partial charge in [-0.05, 0) is 49.2 Å². The molecule has 0 bridgehead atoms. The molecule has 0 radical (unpaired) electrons. The van der Waals surface area contributed by atoms with Crippen molar-refractivity contribution in [2.75, 3.05) is 29.9 Å². The molecule has 2 fully saturated rings. The van der Waals surface area contributed by atoms with Gasteiger partial charge in [-0.1, -0.05) is 23.7 Å². The van der Waals surface area contributed by atoms with Gasteiger partial charge in [0.25, 0.3) is 0 Å². The van der Waals surface area contributed by atoms with Gasteiger partial charge in [0.05, 0.1) is 21.5 Å². The number of amides is 2. The molecule has 2 aromatic rings. The molecule has 2 saturated heterocycles. The average molecular weight is 448 g/mol. The SMILES string of the molecule is O=C(Nc1ccc(S(=O)(=O)N2CCCC2)cc1)[C@H]1CC(=O)N(c2ccccc2Cl)C1. The molecule has 2 heterocycles. The van der Waals surface area contributed by atoms with Crippen molar-refractivity contribution in [2.24, 2.45) is 5.92 Å². The van der Waals surface area contributed by atoms with Gasteiger partial charge in [0.15, 0.2) is 0 Å². The molecule has 2 amide bonds. The van der Waals surface area contributed by atoms with Crippen LogP contribution < -0.4 is 10.2 Å². The highest BCUT2D eigenvalue weighted by molar-refractivity contribution is 7.89. The van der Waals surface area contributed by atoms with Gasteiger partial charge >= 0.3 is 0 Å². The Balaban J connectivity index is 1.42. The van der Waals surface area contributed by atoms with Crippen LogP contribution >= 0.6 is 11.6 Å². The lowest BCUT2D eigenvalue weighted by Crippen LogP contribution is -2.28. The summed E-state index contributed by atoms with van der Waals surface area (Å²) in [5, 5.41) is 3.24. The largest absolute Gasteiger partial charge is 0.326 e. The van der Waals surface area contributed by atoms with Crippen molar-refractivity contribution in [1.29, 1.82) is 0 Å². The minimum absolute atomic E-state index is 0.0957. The molecular weight excluding hydrogens is 426 g/mol. The fourth-order valence-corrected chi connectivity index (χ4v) is 5.57. The molecule has 30 heavy (non-hydrogen) atoms. The maximum Gasteiger partial charge on any atom is 0.243 e. The third kappa shape index (κ3) is 4.08. The predicted octanol–water partition coefficient (Wildman–Crippen LogP) is 3.12. The number of anilines is 2. The van der Waals surface area contributed by atoms with Gasteiger partial charge in [0.1, 0.15) is 0 Å². The molecule has 2 aromatic carbocycles. The number of carbonyl (C=O) groups excluding carboxylic acids is 2. The summed E-state index contributed by atoms with van der Waals surface area (Å²) in [6, 6.07) is 13.2. The first-order valence-corrected chi connectivity index (χ1v) is 11.6. The van der Waals surface area contributed by atoms with Crippen LogP contribution in [0.2, 0.25) is 5.02 Å². The number of para-hydroxylation sites is 1. The second-order valence-electron chi connectivity index (χ2n) is 7.48. The van der Waals surface area contributed by atoms with Crippen LogP contribution in [0.3, 0.4) is 0 Å². The van der Waals surface area contributed by atoms with E-state index in [0.29, 0.717) is 29.5 Å². The number of nitrogens with zero attached hydrogens (tertiary/aromatic N) is 2. The minimum Gasteiger partial charge on any atom is -0.326 e. The Labute approximate surface area is 180 Å². The molecule has 2 aliphatic heterocycles. The Kier molecular flexibility index (Phi) is 5.81. The first kappa shape index (κ1) is 20.8. The normalized spacial score (nSPS) is 20.0. The average Bonchev–Trinajstić information content (AvgIpc) is 3.39. The maximum absolute atomic E-state index is 12.7. The van der Waals surface area contributed by atoms with Gasteiger partial charge in [-0.2, -0.15) is 4.31 Å². The summed E-state index contributed by atoms with van der Waals surface area (Å²) in [5.41, 5.74) is 1.08. The standard InChI is InChI=1S/C21H22ClN3O4S/c22-18-5-1-2-6-19(18)25-14-15(13-20(25)26)21(27)23-16-7-9-17(10-8-16)30(28,29)24-11-3-4-12-24/h1-2,5-10,15H,3-4,11-14H2,(H,23,27)/t15-/m0/s1. The number of halogens is 1. The van der Waals surface area contributed by atoms with Gasteiger partial charge in [0, 0.05) is 31.7 Å². The highest BCUT2D eigenvalue weighted by atomic mass is 35.5. The van der Waals surface area contributed by atoms with Crippen molar-refractivity contribution in [3.8, 4) is 0 Å². The first-order valence-electron chi connectivity index (χ1n) is 9.82. The Bertz CT molecular complexity index is 1070. The summed E-state index contributed by atoms with van der Waals surface area (Å²) < 4.78 is 26.7. The second kappa shape index (κ2) is 8.37. The molecule has 158 valence electrons. The van der Waals surface area contributed by atoms with Crippen LogP contribution in [0.15, 0.2) is 53.4 Å². The summed E-state index contributed by atoms with van der Waals surface area (Å²) in [7, 11) is -3.49. The predicted molar refractivity (Wildman–Crippen MR) is 115 cm³/mol. The van der Waals surface area contributed by atoms with E-state index in [4.69, 9.17) is 11.6 Å². The molecule has 1 atom stereocenters. The van der Waals surface area contributed by atoms with Crippen LogP contribution in [0.5, 0.6) is 0 Å². The Hall–Kier alpha value is -2.42. The zero-order chi connectivity index (χ0) is 21.3. The van der Waals surface area contributed by atoms with Crippen molar-refractivity contribution >= 4 is 44.8 Å². The number of sulfonamides is 1. The lowest BCUT2D eigenvalue weighted by Gasteiger charge is -2.18. The van der Waals surface area contributed by atoms with E-state index in [0.717, 1.165) is 12.8 Å². The van der Waals surface area contributed by atoms with Crippen LogP contribution in [0.4, 0.5) is 11.4 Å². The number of hydrogen-bond acceptors (Lipinski definition) is 4. The number of carbonyl (C=O) groups is 2. The van der Waals surface area contributed by atoms with Gasteiger partial charge in [-0.3, -0.25) is 9.59 Å². The van der Waals surface area contributed by atoms with Gasteiger partial charge in [-0.15, -0.1) is 0 Å². The zero-order valence-corrected chi connectivity index (χ0v) is 17.8. The molecule has 7 nitrogen and oxygen atoms in total.